The molecule has 2 nitrogen and oxygen atoms in total. The lowest BCUT2D eigenvalue weighted by molar-refractivity contribution is -0.0435. The molecule has 1 saturated heterocycles. The largest absolute Gasteiger partial charge is 0.491 e. The van der Waals surface area contributed by atoms with Crippen LogP contribution in [0.3, 0.4) is 0 Å². The van der Waals surface area contributed by atoms with Crippen LogP contribution in [0.2, 0.25) is 0 Å². The number of hydrogen-bond acceptors (Lipinski definition) is 2. The van der Waals surface area contributed by atoms with E-state index in [1.165, 1.54) is 50.2 Å². The van der Waals surface area contributed by atoms with E-state index >= 15 is 0 Å². The molecule has 2 aromatic carbocycles. The van der Waals surface area contributed by atoms with E-state index in [1.54, 1.807) is 13.0 Å². The minimum Gasteiger partial charge on any atom is -0.491 e. The number of ether oxygens (including phenoxy) is 2. The molecule has 2 fully saturated rings. The maximum atomic E-state index is 14.6. The first-order chi connectivity index (χ1) is 16.6. The number of halogens is 2. The molecule has 34 heavy (non-hydrogen) atoms. The van der Waals surface area contributed by atoms with Crippen LogP contribution in [0.4, 0.5) is 8.78 Å². The first-order valence-corrected chi connectivity index (χ1v) is 13.0. The summed E-state index contributed by atoms with van der Waals surface area (Å²) < 4.78 is 40.4. The Hall–Kier alpha value is -2.20. The monoisotopic (exact) mass is 468 g/mol. The lowest BCUT2D eigenvalue weighted by atomic mass is 9.75. The van der Waals surface area contributed by atoms with Gasteiger partial charge in [0.1, 0.15) is 0 Å². The van der Waals surface area contributed by atoms with E-state index in [-0.39, 0.29) is 11.3 Å². The second-order valence-electron chi connectivity index (χ2n) is 9.87. The van der Waals surface area contributed by atoms with Crippen molar-refractivity contribution < 1.29 is 18.3 Å². The van der Waals surface area contributed by atoms with Crippen LogP contribution in [-0.2, 0) is 4.74 Å². The predicted molar refractivity (Wildman–Crippen MR) is 134 cm³/mol. The lowest BCUT2D eigenvalue weighted by Crippen LogP contribution is -2.33. The smallest absolute Gasteiger partial charge is 0.201 e. The van der Waals surface area contributed by atoms with Gasteiger partial charge in [0.25, 0.3) is 0 Å². The molecule has 0 amide bonds. The van der Waals surface area contributed by atoms with Gasteiger partial charge in [0.2, 0.25) is 5.82 Å². The molecule has 0 bridgehead atoms. The molecule has 2 aromatic rings. The van der Waals surface area contributed by atoms with E-state index in [0.717, 1.165) is 25.4 Å². The molecule has 1 aliphatic carbocycles. The molecule has 0 spiro atoms. The molecule has 184 valence electrons. The number of allylic oxidation sites excluding steroid dienone is 2. The lowest BCUT2D eigenvalue weighted by Gasteiger charge is -2.38. The van der Waals surface area contributed by atoms with Crippen LogP contribution in [0.5, 0.6) is 5.75 Å². The van der Waals surface area contributed by atoms with Gasteiger partial charge >= 0.3 is 0 Å². The van der Waals surface area contributed by atoms with Crippen molar-refractivity contribution in [3.8, 4) is 16.9 Å². The second kappa shape index (κ2) is 12.0. The molecular weight excluding hydrogens is 430 g/mol. The van der Waals surface area contributed by atoms with Gasteiger partial charge in [0.15, 0.2) is 11.6 Å². The molecule has 2 unspecified atom stereocenters. The van der Waals surface area contributed by atoms with E-state index < -0.39 is 11.6 Å². The van der Waals surface area contributed by atoms with Crippen LogP contribution in [0.1, 0.15) is 76.7 Å². The van der Waals surface area contributed by atoms with Crippen LogP contribution in [0.15, 0.2) is 48.6 Å². The first kappa shape index (κ1) is 24.9. The maximum absolute atomic E-state index is 14.6. The molecule has 4 rings (SSSR count). The Morgan fingerprint density at radius 1 is 0.941 bits per heavy atom. The zero-order valence-electron chi connectivity index (χ0n) is 20.6. The van der Waals surface area contributed by atoms with Crippen LogP contribution in [0.25, 0.3) is 11.1 Å². The van der Waals surface area contributed by atoms with E-state index in [2.05, 4.69) is 19.1 Å². The zero-order valence-corrected chi connectivity index (χ0v) is 20.6. The summed E-state index contributed by atoms with van der Waals surface area (Å²) in [7, 11) is 0. The van der Waals surface area contributed by atoms with Crippen molar-refractivity contribution in [3.05, 3.63) is 65.7 Å². The third-order valence-corrected chi connectivity index (χ3v) is 7.75. The highest BCUT2D eigenvalue weighted by molar-refractivity contribution is 5.65. The Labute approximate surface area is 203 Å². The van der Waals surface area contributed by atoms with Crippen LogP contribution < -0.4 is 4.74 Å². The van der Waals surface area contributed by atoms with Crippen molar-refractivity contribution in [2.45, 2.75) is 77.2 Å². The average molecular weight is 469 g/mol. The van der Waals surface area contributed by atoms with E-state index in [0.29, 0.717) is 30.1 Å². The molecule has 1 aliphatic heterocycles. The van der Waals surface area contributed by atoms with Crippen molar-refractivity contribution in [2.75, 3.05) is 13.2 Å². The van der Waals surface area contributed by atoms with Crippen molar-refractivity contribution in [1.82, 2.24) is 0 Å². The minimum atomic E-state index is -0.929. The van der Waals surface area contributed by atoms with Gasteiger partial charge in [0.05, 0.1) is 19.3 Å². The number of rotatable bonds is 8. The Kier molecular flexibility index (Phi) is 8.77. The van der Waals surface area contributed by atoms with Gasteiger partial charge in [0, 0.05) is 11.5 Å². The Morgan fingerprint density at radius 3 is 2.35 bits per heavy atom. The van der Waals surface area contributed by atoms with Gasteiger partial charge in [-0.2, -0.15) is 4.39 Å². The second-order valence-corrected chi connectivity index (χ2v) is 9.87. The highest BCUT2D eigenvalue weighted by Crippen LogP contribution is 2.39. The van der Waals surface area contributed by atoms with Gasteiger partial charge < -0.3 is 9.47 Å². The molecule has 0 N–H and O–H groups in total. The van der Waals surface area contributed by atoms with Crippen molar-refractivity contribution >= 4 is 0 Å². The van der Waals surface area contributed by atoms with Crippen LogP contribution in [0, 0.1) is 23.5 Å². The third kappa shape index (κ3) is 5.89. The summed E-state index contributed by atoms with van der Waals surface area (Å²) in [6.45, 7) is 4.89. The Bertz CT molecular complexity index is 937. The molecule has 2 atom stereocenters. The normalized spacial score (nSPS) is 25.5. The van der Waals surface area contributed by atoms with Gasteiger partial charge in [-0.15, -0.1) is 0 Å². The summed E-state index contributed by atoms with van der Waals surface area (Å²) in [4.78, 5) is 0. The summed E-state index contributed by atoms with van der Waals surface area (Å²) in [5.41, 5.74) is 2.14. The summed E-state index contributed by atoms with van der Waals surface area (Å²) in [6.07, 6.45) is 14.9. The Balaban J connectivity index is 1.30. The van der Waals surface area contributed by atoms with Crippen LogP contribution >= 0.6 is 0 Å². The molecule has 2 aliphatic rings. The molecule has 0 aromatic heterocycles. The molecular formula is C30H38F2O2. The summed E-state index contributed by atoms with van der Waals surface area (Å²) in [6, 6.07) is 10.9. The van der Waals surface area contributed by atoms with Crippen molar-refractivity contribution in [3.63, 3.8) is 0 Å². The van der Waals surface area contributed by atoms with Gasteiger partial charge in [-0.3, -0.25) is 0 Å². The highest BCUT2D eigenvalue weighted by atomic mass is 19.2. The zero-order chi connectivity index (χ0) is 23.9. The highest BCUT2D eigenvalue weighted by Gasteiger charge is 2.32. The van der Waals surface area contributed by atoms with Crippen molar-refractivity contribution in [2.24, 2.45) is 11.8 Å². The Morgan fingerprint density at radius 2 is 1.71 bits per heavy atom. The standard InChI is InChI=1S/C30H38F2O2/c1-3-5-6-7-21-8-10-24(11-9-21)27-18-16-25(20-34-27)22-12-14-23(15-13-22)26-17-19-28(33-4-2)30(32)29(26)31/h3,5,12-15,17,19,21,24-25,27H,4,6-11,16,18,20H2,1-2H3/b5-3+. The third-order valence-electron chi connectivity index (χ3n) is 7.75. The molecule has 1 heterocycles. The molecule has 1 saturated carbocycles. The molecule has 0 radical (unpaired) electrons. The van der Waals surface area contributed by atoms with Crippen molar-refractivity contribution in [1.29, 1.82) is 0 Å². The fourth-order valence-electron chi connectivity index (χ4n) is 5.71. The summed E-state index contributed by atoms with van der Waals surface area (Å²) in [5, 5.41) is 0. The van der Waals surface area contributed by atoms with Gasteiger partial charge in [-0.05, 0) is 87.5 Å². The quantitative estimate of drug-likeness (QED) is 0.362. The average Bonchev–Trinajstić information content (AvgIpc) is 2.88. The first-order valence-electron chi connectivity index (χ1n) is 13.0. The van der Waals surface area contributed by atoms with Gasteiger partial charge in [-0.25, -0.2) is 4.39 Å². The minimum absolute atomic E-state index is 0.0450. The number of hydrogen-bond donors (Lipinski definition) is 0. The topological polar surface area (TPSA) is 18.5 Å². The summed E-state index contributed by atoms with van der Waals surface area (Å²) in [5.74, 6) is 0.122. The van der Waals surface area contributed by atoms with Crippen LogP contribution in [-0.4, -0.2) is 19.3 Å². The van der Waals surface area contributed by atoms with E-state index in [4.69, 9.17) is 9.47 Å². The SMILES string of the molecule is C/C=C/CCC1CCC(C2CCC(c3ccc(-c4ccc(OCC)c(F)c4F)cc3)CO2)CC1. The number of benzene rings is 2. The fourth-order valence-corrected chi connectivity index (χ4v) is 5.71. The van der Waals surface area contributed by atoms with Gasteiger partial charge in [-0.1, -0.05) is 49.3 Å². The van der Waals surface area contributed by atoms with E-state index in [1.807, 2.05) is 24.3 Å². The fraction of sp³-hybridized carbons (Fsp3) is 0.533. The maximum Gasteiger partial charge on any atom is 0.201 e. The predicted octanol–water partition coefficient (Wildman–Crippen LogP) is 8.46. The summed E-state index contributed by atoms with van der Waals surface area (Å²) >= 11 is 0. The van der Waals surface area contributed by atoms with E-state index in [9.17, 15) is 8.78 Å². The molecule has 4 heteroatoms.